The number of carbonyl (C=O) groups excluding carboxylic acids is 1. The summed E-state index contributed by atoms with van der Waals surface area (Å²) in [6.45, 7) is 6.42. The predicted molar refractivity (Wildman–Crippen MR) is 79.4 cm³/mol. The summed E-state index contributed by atoms with van der Waals surface area (Å²) in [5, 5.41) is 0. The highest BCUT2D eigenvalue weighted by atomic mass is 16.2. The zero-order valence-electron chi connectivity index (χ0n) is 12.5. The number of hydrogen-bond donors (Lipinski definition) is 1. The molecular weight excluding hydrogens is 250 g/mol. The highest BCUT2D eigenvalue weighted by molar-refractivity contribution is 6.07. The molecule has 1 unspecified atom stereocenters. The molecule has 1 heterocycles. The molecule has 0 bridgehead atoms. The lowest BCUT2D eigenvalue weighted by atomic mass is 9.65. The van der Waals surface area contributed by atoms with Gasteiger partial charge in [0.1, 0.15) is 0 Å². The smallest absolute Gasteiger partial charge is 0.261 e. The minimum atomic E-state index is -0.818. The molecule has 20 heavy (non-hydrogen) atoms. The summed E-state index contributed by atoms with van der Waals surface area (Å²) < 4.78 is 0. The molecule has 1 aromatic carbocycles. The van der Waals surface area contributed by atoms with E-state index in [4.69, 9.17) is 5.73 Å². The number of aryl methyl sites for hydroxylation is 1. The minimum absolute atomic E-state index is 0.00498. The van der Waals surface area contributed by atoms with Gasteiger partial charge in [0, 0.05) is 7.05 Å². The van der Waals surface area contributed by atoms with Crippen LogP contribution in [-0.2, 0) is 16.8 Å². The van der Waals surface area contributed by atoms with Crippen LogP contribution in [0.25, 0.3) is 0 Å². The van der Waals surface area contributed by atoms with E-state index < -0.39 is 5.54 Å². The molecule has 1 atom stereocenters. The third-order valence-electron chi connectivity index (χ3n) is 4.42. The Bertz CT molecular complexity index is 633. The largest absolute Gasteiger partial charge is 0.369 e. The Balaban J connectivity index is 2.27. The molecule has 4 nitrogen and oxygen atoms in total. The highest BCUT2D eigenvalue weighted by Gasteiger charge is 2.54. The van der Waals surface area contributed by atoms with E-state index >= 15 is 0 Å². The van der Waals surface area contributed by atoms with E-state index in [-0.39, 0.29) is 11.3 Å². The number of nitrogens with two attached hydrogens (primary N) is 1. The van der Waals surface area contributed by atoms with Gasteiger partial charge in [-0.05, 0) is 36.3 Å². The quantitative estimate of drug-likeness (QED) is 0.784. The highest BCUT2D eigenvalue weighted by Crippen LogP contribution is 2.49. The van der Waals surface area contributed by atoms with Crippen molar-refractivity contribution in [1.82, 2.24) is 4.90 Å². The average molecular weight is 271 g/mol. The maximum absolute atomic E-state index is 12.8. The second kappa shape index (κ2) is 3.84. The molecule has 1 amide bonds. The summed E-state index contributed by atoms with van der Waals surface area (Å²) in [7, 11) is 1.70. The topological polar surface area (TPSA) is 58.7 Å². The molecule has 1 aliphatic heterocycles. The fourth-order valence-corrected chi connectivity index (χ4v) is 3.59. The molecule has 2 aliphatic rings. The van der Waals surface area contributed by atoms with Gasteiger partial charge in [0.05, 0.1) is 0 Å². The van der Waals surface area contributed by atoms with E-state index in [1.54, 1.807) is 7.05 Å². The fourth-order valence-electron chi connectivity index (χ4n) is 3.59. The number of carbonyl (C=O) groups is 1. The zero-order chi connectivity index (χ0) is 14.7. The van der Waals surface area contributed by atoms with Crippen molar-refractivity contribution in [1.29, 1.82) is 0 Å². The summed E-state index contributed by atoms with van der Waals surface area (Å²) in [6, 6.07) is 6.33. The van der Waals surface area contributed by atoms with E-state index in [1.165, 1.54) is 10.5 Å². The van der Waals surface area contributed by atoms with Crippen LogP contribution >= 0.6 is 0 Å². The summed E-state index contributed by atoms with van der Waals surface area (Å²) in [4.78, 5) is 18.9. The van der Waals surface area contributed by atoms with Gasteiger partial charge in [-0.1, -0.05) is 37.6 Å². The molecule has 0 radical (unpaired) electrons. The van der Waals surface area contributed by atoms with E-state index in [0.717, 1.165) is 17.5 Å². The lowest BCUT2D eigenvalue weighted by Crippen LogP contribution is -2.46. The van der Waals surface area contributed by atoms with E-state index in [9.17, 15) is 4.79 Å². The summed E-state index contributed by atoms with van der Waals surface area (Å²) in [5.41, 5.74) is 8.53. The lowest BCUT2D eigenvalue weighted by Gasteiger charge is -2.41. The van der Waals surface area contributed by atoms with Gasteiger partial charge in [-0.3, -0.25) is 9.69 Å². The number of likely N-dealkylation sites (N-methyl/N-ethyl adjacent to an activating group) is 1. The maximum atomic E-state index is 12.8. The third-order valence-corrected chi connectivity index (χ3v) is 4.42. The third kappa shape index (κ3) is 1.67. The first-order valence-electron chi connectivity index (χ1n) is 6.99. The van der Waals surface area contributed by atoms with Gasteiger partial charge in [-0.2, -0.15) is 0 Å². The normalized spacial score (nSPS) is 27.7. The second-order valence-electron chi connectivity index (χ2n) is 6.87. The van der Waals surface area contributed by atoms with E-state index in [1.807, 2.05) is 6.92 Å². The minimum Gasteiger partial charge on any atom is -0.369 e. The molecule has 0 aromatic heterocycles. The van der Waals surface area contributed by atoms with Gasteiger partial charge in [0.25, 0.3) is 5.91 Å². The number of amides is 1. The number of rotatable bonds is 0. The van der Waals surface area contributed by atoms with Gasteiger partial charge in [-0.15, -0.1) is 0 Å². The molecule has 0 saturated heterocycles. The molecule has 2 N–H and O–H groups in total. The van der Waals surface area contributed by atoms with Gasteiger partial charge >= 0.3 is 0 Å². The van der Waals surface area contributed by atoms with Crippen LogP contribution in [-0.4, -0.2) is 23.8 Å². The van der Waals surface area contributed by atoms with Gasteiger partial charge in [-0.25, -0.2) is 4.99 Å². The average Bonchev–Trinajstić information content (AvgIpc) is 2.55. The molecule has 106 valence electrons. The molecule has 1 spiro atoms. The predicted octanol–water partition coefficient (Wildman–Crippen LogP) is 1.95. The molecule has 1 aliphatic carbocycles. The number of nitrogens with zero attached hydrogens (tertiary/aromatic N) is 2. The van der Waals surface area contributed by atoms with Crippen molar-refractivity contribution >= 4 is 11.9 Å². The monoisotopic (exact) mass is 271 g/mol. The van der Waals surface area contributed by atoms with Crippen molar-refractivity contribution in [2.24, 2.45) is 16.1 Å². The molecule has 0 saturated carbocycles. The van der Waals surface area contributed by atoms with E-state index in [2.05, 4.69) is 37.0 Å². The molecule has 1 aromatic rings. The fraction of sp³-hybridized carbons (Fsp3) is 0.500. The first kappa shape index (κ1) is 13.2. The number of fused-ring (bicyclic) bond motifs is 2. The van der Waals surface area contributed by atoms with Crippen LogP contribution in [0.3, 0.4) is 0 Å². The first-order chi connectivity index (χ1) is 9.25. The van der Waals surface area contributed by atoms with Crippen LogP contribution in [0.1, 0.15) is 37.0 Å². The molecule has 4 heteroatoms. The van der Waals surface area contributed by atoms with Gasteiger partial charge in [0.2, 0.25) is 0 Å². The van der Waals surface area contributed by atoms with Crippen LogP contribution in [0.4, 0.5) is 0 Å². The Morgan fingerprint density at radius 2 is 2.05 bits per heavy atom. The van der Waals surface area contributed by atoms with Crippen molar-refractivity contribution in [2.75, 3.05) is 7.05 Å². The number of benzene rings is 1. The number of aliphatic imine (C=N–C) groups is 1. The standard InChI is InChI=1S/C16H21N3O/c1-10-5-6-11-8-15(2,3)9-16(12(11)7-10)13(20)19(4)14(17)18-16/h5-7H,8-9H2,1-4H3,(H2,17,18). The number of hydrogen-bond acceptors (Lipinski definition) is 3. The van der Waals surface area contributed by atoms with Crippen LogP contribution in [0.5, 0.6) is 0 Å². The molecular formula is C16H21N3O. The SMILES string of the molecule is Cc1ccc2c(c1)C1(CC(C)(C)C2)N=C(N)N(C)C1=O. The van der Waals surface area contributed by atoms with Crippen LogP contribution in [0.15, 0.2) is 23.2 Å². The Hall–Kier alpha value is -1.84. The van der Waals surface area contributed by atoms with Crippen LogP contribution in [0, 0.1) is 12.3 Å². The van der Waals surface area contributed by atoms with E-state index in [0.29, 0.717) is 12.4 Å². The Kier molecular flexibility index (Phi) is 2.53. The van der Waals surface area contributed by atoms with Crippen molar-refractivity contribution in [2.45, 2.75) is 39.2 Å². The maximum Gasteiger partial charge on any atom is 0.261 e. The Morgan fingerprint density at radius 1 is 1.35 bits per heavy atom. The second-order valence-corrected chi connectivity index (χ2v) is 6.87. The lowest BCUT2D eigenvalue weighted by molar-refractivity contribution is -0.132. The molecule has 3 rings (SSSR count). The van der Waals surface area contributed by atoms with Crippen molar-refractivity contribution in [3.63, 3.8) is 0 Å². The van der Waals surface area contributed by atoms with Crippen LogP contribution < -0.4 is 5.73 Å². The number of guanidine groups is 1. The summed E-state index contributed by atoms with van der Waals surface area (Å²) in [6.07, 6.45) is 1.68. The first-order valence-corrected chi connectivity index (χ1v) is 6.99. The van der Waals surface area contributed by atoms with Crippen LogP contribution in [0.2, 0.25) is 0 Å². The van der Waals surface area contributed by atoms with Gasteiger partial charge in [0.15, 0.2) is 11.5 Å². The van der Waals surface area contributed by atoms with Crippen molar-refractivity contribution in [3.05, 3.63) is 34.9 Å². The van der Waals surface area contributed by atoms with Gasteiger partial charge < -0.3 is 5.73 Å². The van der Waals surface area contributed by atoms with Crippen molar-refractivity contribution < 1.29 is 4.79 Å². The summed E-state index contributed by atoms with van der Waals surface area (Å²) in [5.74, 6) is 0.315. The molecule has 0 fully saturated rings. The summed E-state index contributed by atoms with van der Waals surface area (Å²) >= 11 is 0. The Morgan fingerprint density at radius 3 is 2.65 bits per heavy atom. The Labute approximate surface area is 119 Å². The van der Waals surface area contributed by atoms with Crippen molar-refractivity contribution in [3.8, 4) is 0 Å². The zero-order valence-corrected chi connectivity index (χ0v) is 12.5.